The first-order valence-electron chi connectivity index (χ1n) is 10.4. The second-order valence-electron chi connectivity index (χ2n) is 8.80. The molecule has 152 valence electrons. The van der Waals surface area contributed by atoms with Crippen molar-refractivity contribution in [1.29, 1.82) is 0 Å². The van der Waals surface area contributed by atoms with Gasteiger partial charge in [0.25, 0.3) is 0 Å². The zero-order chi connectivity index (χ0) is 20.3. The van der Waals surface area contributed by atoms with E-state index in [0.29, 0.717) is 17.9 Å². The van der Waals surface area contributed by atoms with E-state index in [1.807, 2.05) is 21.0 Å². The molecule has 5 rings (SSSR count). The fourth-order valence-electron chi connectivity index (χ4n) is 5.92. The van der Waals surface area contributed by atoms with Crippen LogP contribution in [0.1, 0.15) is 34.5 Å². The predicted octanol–water partition coefficient (Wildman–Crippen LogP) is 3.12. The quantitative estimate of drug-likeness (QED) is 0.717. The highest BCUT2D eigenvalue weighted by molar-refractivity contribution is 5.88. The third kappa shape index (κ3) is 2.69. The number of nitrogens with one attached hydrogen (secondary N) is 1. The molecule has 6 nitrogen and oxygen atoms in total. The normalized spacial score (nSPS) is 26.6. The number of likely N-dealkylation sites (tertiary alicyclic amines) is 1. The van der Waals surface area contributed by atoms with E-state index in [0.717, 1.165) is 37.2 Å². The number of likely N-dealkylation sites (N-methyl/N-ethyl adjacent to an activating group) is 1. The molecule has 29 heavy (non-hydrogen) atoms. The van der Waals surface area contributed by atoms with Gasteiger partial charge in [-0.1, -0.05) is 12.1 Å². The van der Waals surface area contributed by atoms with E-state index in [9.17, 15) is 0 Å². The molecule has 0 unspecified atom stereocenters. The molecule has 3 atom stereocenters. The Balaban J connectivity index is 1.57. The van der Waals surface area contributed by atoms with Crippen molar-refractivity contribution in [3.63, 3.8) is 0 Å². The van der Waals surface area contributed by atoms with Crippen LogP contribution in [-0.4, -0.2) is 46.6 Å². The molecule has 3 N–H and O–H groups in total. The molecule has 0 saturated carbocycles. The molecule has 1 saturated heterocycles. The van der Waals surface area contributed by atoms with Crippen molar-refractivity contribution in [2.75, 3.05) is 26.4 Å². The minimum Gasteiger partial charge on any atom is -0.372 e. The van der Waals surface area contributed by atoms with Gasteiger partial charge in [-0.3, -0.25) is 4.90 Å². The number of aromatic amines is 1. The van der Waals surface area contributed by atoms with E-state index in [-0.39, 0.29) is 5.60 Å². The second kappa shape index (κ2) is 6.54. The van der Waals surface area contributed by atoms with Crippen LogP contribution in [0.3, 0.4) is 0 Å². The number of nitrogens with zero attached hydrogens (tertiary/aromatic N) is 3. The molecule has 1 fully saturated rings. The van der Waals surface area contributed by atoms with Gasteiger partial charge in [-0.15, -0.1) is 0 Å². The first-order valence-corrected chi connectivity index (χ1v) is 10.4. The summed E-state index contributed by atoms with van der Waals surface area (Å²) in [5.41, 5.74) is 12.7. The highest BCUT2D eigenvalue weighted by Gasteiger charge is 2.51. The monoisotopic (exact) mass is 391 g/mol. The van der Waals surface area contributed by atoms with Crippen LogP contribution in [0, 0.1) is 19.8 Å². The summed E-state index contributed by atoms with van der Waals surface area (Å²) in [4.78, 5) is 14.8. The fraction of sp³-hybridized carbons (Fsp3) is 0.478. The molecule has 0 amide bonds. The summed E-state index contributed by atoms with van der Waals surface area (Å²) in [7, 11) is 4.12. The van der Waals surface area contributed by atoms with Gasteiger partial charge in [0.1, 0.15) is 5.60 Å². The number of anilines is 1. The summed E-state index contributed by atoms with van der Waals surface area (Å²) in [5, 5.41) is 1.35. The van der Waals surface area contributed by atoms with Crippen LogP contribution in [0.4, 0.5) is 5.95 Å². The van der Waals surface area contributed by atoms with Crippen LogP contribution < -0.4 is 5.73 Å². The lowest BCUT2D eigenvalue weighted by Gasteiger charge is -2.53. The third-order valence-corrected chi connectivity index (χ3v) is 7.16. The molecule has 1 aliphatic carbocycles. The lowest BCUT2D eigenvalue weighted by atomic mass is 9.67. The van der Waals surface area contributed by atoms with Crippen molar-refractivity contribution in [3.8, 4) is 0 Å². The number of methoxy groups -OCH3 is 1. The van der Waals surface area contributed by atoms with E-state index in [1.54, 1.807) is 0 Å². The summed E-state index contributed by atoms with van der Waals surface area (Å²) < 4.78 is 6.41. The first kappa shape index (κ1) is 18.6. The summed E-state index contributed by atoms with van der Waals surface area (Å²) in [5.74, 6) is 0.813. The molecule has 0 radical (unpaired) electrons. The molecule has 1 aromatic carbocycles. The average Bonchev–Trinajstić information content (AvgIpc) is 3.10. The Morgan fingerprint density at radius 2 is 2.03 bits per heavy atom. The third-order valence-electron chi connectivity index (χ3n) is 7.16. The van der Waals surface area contributed by atoms with Crippen molar-refractivity contribution in [3.05, 3.63) is 52.5 Å². The number of H-pyrrole nitrogens is 1. The lowest BCUT2D eigenvalue weighted by molar-refractivity contribution is -0.125. The highest BCUT2D eigenvalue weighted by atomic mass is 16.5. The number of rotatable bonds is 3. The molecule has 1 aliphatic heterocycles. The van der Waals surface area contributed by atoms with Crippen LogP contribution in [-0.2, 0) is 23.2 Å². The van der Waals surface area contributed by atoms with E-state index < -0.39 is 0 Å². The fourth-order valence-corrected chi connectivity index (χ4v) is 5.92. The van der Waals surface area contributed by atoms with E-state index >= 15 is 0 Å². The standard InChI is InChI=1S/C23H29N5O/c1-13-17(14(2)27-22(24)26-13)8-15-10-23(29-4)18-6-5-7-19-21(18)16(11-25-19)9-20(23)28(3)12-15/h5-7,11,15,20,25H,8-10,12H2,1-4H3,(H2,24,26,27)/t15-,20-,23+/m1/s1. The van der Waals surface area contributed by atoms with Gasteiger partial charge in [0.2, 0.25) is 5.95 Å². The Bertz CT molecular complexity index is 1070. The van der Waals surface area contributed by atoms with Crippen molar-refractivity contribution < 1.29 is 4.74 Å². The van der Waals surface area contributed by atoms with Crippen molar-refractivity contribution in [2.45, 2.75) is 44.8 Å². The Labute approximate surface area is 171 Å². The van der Waals surface area contributed by atoms with Gasteiger partial charge in [0.05, 0.1) is 0 Å². The number of aromatic nitrogens is 3. The molecular weight excluding hydrogens is 362 g/mol. The number of nitrogens with two attached hydrogens (primary N) is 1. The summed E-state index contributed by atoms with van der Waals surface area (Å²) in [6.07, 6.45) is 5.12. The van der Waals surface area contributed by atoms with Gasteiger partial charge in [-0.2, -0.15) is 0 Å². The smallest absolute Gasteiger partial charge is 0.220 e. The maximum atomic E-state index is 6.41. The van der Waals surface area contributed by atoms with Gasteiger partial charge in [0, 0.05) is 48.2 Å². The molecule has 2 aliphatic rings. The average molecular weight is 392 g/mol. The number of ether oxygens (including phenoxy) is 1. The number of hydrogen-bond acceptors (Lipinski definition) is 5. The summed E-state index contributed by atoms with van der Waals surface area (Å²) in [6, 6.07) is 6.90. The van der Waals surface area contributed by atoms with Gasteiger partial charge < -0.3 is 15.5 Å². The number of aryl methyl sites for hydroxylation is 2. The van der Waals surface area contributed by atoms with Crippen LogP contribution in [0.25, 0.3) is 10.9 Å². The number of hydrogen-bond donors (Lipinski definition) is 2. The molecule has 3 heterocycles. The minimum absolute atomic E-state index is 0.303. The van der Waals surface area contributed by atoms with Gasteiger partial charge >= 0.3 is 0 Å². The first-order chi connectivity index (χ1) is 13.9. The number of benzene rings is 1. The van der Waals surface area contributed by atoms with Gasteiger partial charge in [0.15, 0.2) is 0 Å². The second-order valence-corrected chi connectivity index (χ2v) is 8.80. The Hall–Kier alpha value is -2.44. The molecular formula is C23H29N5O. The van der Waals surface area contributed by atoms with Gasteiger partial charge in [-0.05, 0) is 68.8 Å². The van der Waals surface area contributed by atoms with Crippen molar-refractivity contribution >= 4 is 16.9 Å². The van der Waals surface area contributed by atoms with Crippen LogP contribution in [0.15, 0.2) is 24.4 Å². The van der Waals surface area contributed by atoms with Crippen LogP contribution in [0.5, 0.6) is 0 Å². The van der Waals surface area contributed by atoms with Crippen LogP contribution in [0.2, 0.25) is 0 Å². The zero-order valence-electron chi connectivity index (χ0n) is 17.6. The number of nitrogen functional groups attached to an aromatic ring is 1. The van der Waals surface area contributed by atoms with E-state index in [4.69, 9.17) is 10.5 Å². The van der Waals surface area contributed by atoms with Crippen molar-refractivity contribution in [1.82, 2.24) is 19.9 Å². The molecule has 0 spiro atoms. The minimum atomic E-state index is -0.303. The molecule has 0 bridgehead atoms. The summed E-state index contributed by atoms with van der Waals surface area (Å²) in [6.45, 7) is 5.11. The largest absolute Gasteiger partial charge is 0.372 e. The molecule has 2 aromatic heterocycles. The van der Waals surface area contributed by atoms with Crippen molar-refractivity contribution in [2.24, 2.45) is 5.92 Å². The Morgan fingerprint density at radius 1 is 1.28 bits per heavy atom. The predicted molar refractivity (Wildman–Crippen MR) is 115 cm³/mol. The SMILES string of the molecule is CO[C@]12C[C@@H](Cc3c(C)nc(N)nc3C)CN(C)[C@@H]1Cc1c[nH]c3cccc2c13. The molecule has 3 aromatic rings. The van der Waals surface area contributed by atoms with E-state index in [2.05, 4.69) is 51.3 Å². The lowest BCUT2D eigenvalue weighted by Crippen LogP contribution is -2.59. The Kier molecular flexibility index (Phi) is 4.19. The maximum absolute atomic E-state index is 6.41. The topological polar surface area (TPSA) is 80.1 Å². The van der Waals surface area contributed by atoms with E-state index in [1.165, 1.54) is 27.6 Å². The number of fused-ring (bicyclic) bond motifs is 2. The zero-order valence-corrected chi connectivity index (χ0v) is 17.6. The maximum Gasteiger partial charge on any atom is 0.220 e. The molecule has 6 heteroatoms. The number of piperidine rings is 1. The highest BCUT2D eigenvalue weighted by Crippen LogP contribution is 2.49. The Morgan fingerprint density at radius 3 is 2.76 bits per heavy atom. The van der Waals surface area contributed by atoms with Crippen LogP contribution >= 0.6 is 0 Å². The summed E-state index contributed by atoms with van der Waals surface area (Å²) >= 11 is 0. The van der Waals surface area contributed by atoms with Gasteiger partial charge in [-0.25, -0.2) is 9.97 Å².